The van der Waals surface area contributed by atoms with E-state index in [4.69, 9.17) is 0 Å². The van der Waals surface area contributed by atoms with E-state index >= 15 is 0 Å². The topological polar surface area (TPSA) is 37.3 Å². The van der Waals surface area contributed by atoms with Crippen LogP contribution in [0.3, 0.4) is 0 Å². The molecule has 0 amide bonds. The molecule has 0 radical (unpaired) electrons. The van der Waals surface area contributed by atoms with Crippen LogP contribution < -0.4 is 0 Å². The third-order valence-electron chi connectivity index (χ3n) is 13.1. The number of hydrogen-bond acceptors (Lipinski definition) is 1. The lowest BCUT2D eigenvalue weighted by atomic mass is 9.46. The SMILES string of the molecule is O=C(O)C1(C2CCCCCCCCC2)C(C2CCCCCCCCC2)C2C=CC1(C1CCCCCCCCC1)C2. The summed E-state index contributed by atoms with van der Waals surface area (Å²) in [5, 5.41) is 11.8. The Labute approximate surface area is 247 Å². The molecule has 5 aliphatic carbocycles. The van der Waals surface area contributed by atoms with Crippen LogP contribution in [0.4, 0.5) is 0 Å². The van der Waals surface area contributed by atoms with Crippen LogP contribution in [0.5, 0.6) is 0 Å². The van der Waals surface area contributed by atoms with E-state index in [2.05, 4.69) is 12.2 Å². The summed E-state index contributed by atoms with van der Waals surface area (Å²) in [6, 6.07) is 0. The first-order valence-electron chi connectivity index (χ1n) is 18.6. The lowest BCUT2D eigenvalue weighted by molar-refractivity contribution is -0.175. The minimum Gasteiger partial charge on any atom is -0.481 e. The normalized spacial score (nSPS) is 37.2. The maximum atomic E-state index is 14.4. The summed E-state index contributed by atoms with van der Waals surface area (Å²) in [7, 11) is 0. The Hall–Kier alpha value is -0.790. The third-order valence-corrected chi connectivity index (χ3v) is 13.1. The Morgan fingerprint density at radius 3 is 1.32 bits per heavy atom. The molecule has 4 unspecified atom stereocenters. The van der Waals surface area contributed by atoms with Gasteiger partial charge in [0.2, 0.25) is 0 Å². The smallest absolute Gasteiger partial charge is 0.311 e. The van der Waals surface area contributed by atoms with Crippen molar-refractivity contribution in [1.29, 1.82) is 0 Å². The molecule has 0 aromatic carbocycles. The summed E-state index contributed by atoms with van der Waals surface area (Å²) in [4.78, 5) is 14.4. The van der Waals surface area contributed by atoms with Crippen LogP contribution in [-0.2, 0) is 4.79 Å². The molecule has 5 rings (SSSR count). The van der Waals surface area contributed by atoms with Gasteiger partial charge in [-0.05, 0) is 61.7 Å². The van der Waals surface area contributed by atoms with E-state index in [1.165, 1.54) is 180 Å². The van der Waals surface area contributed by atoms with Crippen molar-refractivity contribution in [3.05, 3.63) is 12.2 Å². The Morgan fingerprint density at radius 2 is 0.900 bits per heavy atom. The van der Waals surface area contributed by atoms with E-state index in [1.54, 1.807) is 0 Å². The van der Waals surface area contributed by atoms with Crippen molar-refractivity contribution in [2.75, 3.05) is 0 Å². The van der Waals surface area contributed by atoms with Gasteiger partial charge in [-0.2, -0.15) is 0 Å². The van der Waals surface area contributed by atoms with Gasteiger partial charge >= 0.3 is 5.97 Å². The fraction of sp³-hybridized carbons (Fsp3) is 0.921. The van der Waals surface area contributed by atoms with Gasteiger partial charge in [0, 0.05) is 5.41 Å². The number of aliphatic carboxylic acids is 1. The summed E-state index contributed by atoms with van der Waals surface area (Å²) in [6.45, 7) is 0. The molecule has 0 heterocycles. The molecular weight excluding hydrogens is 488 g/mol. The monoisotopic (exact) mass is 552 g/mol. The molecule has 2 heteroatoms. The van der Waals surface area contributed by atoms with Crippen LogP contribution in [0.2, 0.25) is 0 Å². The van der Waals surface area contributed by atoms with Crippen molar-refractivity contribution in [2.24, 2.45) is 40.4 Å². The second-order valence-corrected chi connectivity index (χ2v) is 15.3. The Kier molecular flexibility index (Phi) is 11.6. The lowest BCUT2D eigenvalue weighted by Crippen LogP contribution is -2.57. The largest absolute Gasteiger partial charge is 0.481 e. The number of carbonyl (C=O) groups is 1. The van der Waals surface area contributed by atoms with Gasteiger partial charge in [0.1, 0.15) is 0 Å². The Bertz CT molecular complexity index is 771. The van der Waals surface area contributed by atoms with E-state index in [1.807, 2.05) is 0 Å². The van der Waals surface area contributed by atoms with Gasteiger partial charge in [0.05, 0.1) is 5.41 Å². The fourth-order valence-electron chi connectivity index (χ4n) is 11.3. The van der Waals surface area contributed by atoms with Gasteiger partial charge in [0.15, 0.2) is 0 Å². The second-order valence-electron chi connectivity index (χ2n) is 15.3. The first-order valence-corrected chi connectivity index (χ1v) is 18.6. The number of carboxylic acids is 1. The molecule has 5 aliphatic rings. The van der Waals surface area contributed by atoms with Crippen LogP contribution in [-0.4, -0.2) is 11.1 Å². The van der Waals surface area contributed by atoms with Crippen molar-refractivity contribution in [3.8, 4) is 0 Å². The van der Waals surface area contributed by atoms with Gasteiger partial charge < -0.3 is 5.11 Å². The summed E-state index contributed by atoms with van der Waals surface area (Å²) >= 11 is 0. The molecule has 2 bridgehead atoms. The zero-order chi connectivity index (χ0) is 27.7. The van der Waals surface area contributed by atoms with Crippen molar-refractivity contribution in [3.63, 3.8) is 0 Å². The highest BCUT2D eigenvalue weighted by molar-refractivity contribution is 5.79. The molecular formula is C38H64O2. The van der Waals surface area contributed by atoms with E-state index in [0.717, 1.165) is 0 Å². The molecule has 4 saturated carbocycles. The zero-order valence-electron chi connectivity index (χ0n) is 26.2. The standard InChI is InChI=1S/C38H64O2/c39-36(40)38(34-26-20-14-8-3-9-15-21-27-34)35(31-22-16-10-4-1-5-11-17-23-31)32-28-29-37(38,30-32)33-24-18-12-6-2-7-13-19-25-33/h28-29,31-35H,1-27,30H2,(H,39,40). The van der Waals surface area contributed by atoms with Gasteiger partial charge in [0.25, 0.3) is 0 Å². The van der Waals surface area contributed by atoms with Crippen LogP contribution in [0.1, 0.15) is 180 Å². The van der Waals surface area contributed by atoms with Gasteiger partial charge in [-0.25, -0.2) is 0 Å². The summed E-state index contributed by atoms with van der Waals surface area (Å²) < 4.78 is 0. The molecule has 0 aromatic rings. The highest BCUT2D eigenvalue weighted by Gasteiger charge is 2.73. The molecule has 2 nitrogen and oxygen atoms in total. The molecule has 4 fully saturated rings. The van der Waals surface area contributed by atoms with Gasteiger partial charge in [-0.1, -0.05) is 160 Å². The third kappa shape index (κ3) is 6.41. The minimum atomic E-state index is -0.533. The van der Waals surface area contributed by atoms with E-state index in [-0.39, 0.29) is 11.4 Å². The van der Waals surface area contributed by atoms with Gasteiger partial charge in [-0.3, -0.25) is 4.79 Å². The predicted molar refractivity (Wildman–Crippen MR) is 168 cm³/mol. The highest BCUT2D eigenvalue weighted by Crippen LogP contribution is 2.74. The summed E-state index contributed by atoms with van der Waals surface area (Å²) in [6.07, 6.45) is 42.2. The van der Waals surface area contributed by atoms with E-state index in [9.17, 15) is 9.90 Å². The first-order chi connectivity index (χ1) is 19.7. The number of allylic oxidation sites excluding steroid dienone is 2. The highest BCUT2D eigenvalue weighted by atomic mass is 16.4. The number of carboxylic acid groups (broad SMARTS) is 1. The van der Waals surface area contributed by atoms with Crippen LogP contribution in [0.25, 0.3) is 0 Å². The maximum absolute atomic E-state index is 14.4. The number of hydrogen-bond donors (Lipinski definition) is 1. The lowest BCUT2D eigenvalue weighted by Gasteiger charge is -2.56. The van der Waals surface area contributed by atoms with Gasteiger partial charge in [-0.15, -0.1) is 0 Å². The molecule has 0 spiro atoms. The molecule has 0 saturated heterocycles. The maximum Gasteiger partial charge on any atom is 0.311 e. The quantitative estimate of drug-likeness (QED) is 0.352. The summed E-state index contributed by atoms with van der Waals surface area (Å²) in [5.41, 5.74) is -0.632. The van der Waals surface area contributed by atoms with E-state index in [0.29, 0.717) is 29.6 Å². The number of rotatable bonds is 4. The Morgan fingerprint density at radius 1 is 0.525 bits per heavy atom. The first kappa shape index (κ1) is 30.7. The van der Waals surface area contributed by atoms with E-state index < -0.39 is 5.41 Å². The average molecular weight is 553 g/mol. The van der Waals surface area contributed by atoms with Crippen molar-refractivity contribution < 1.29 is 9.90 Å². The van der Waals surface area contributed by atoms with Crippen molar-refractivity contribution >= 4 is 5.97 Å². The molecule has 0 aliphatic heterocycles. The van der Waals surface area contributed by atoms with Crippen molar-refractivity contribution in [2.45, 2.75) is 180 Å². The predicted octanol–water partition coefficient (Wildman–Crippen LogP) is 11.7. The Balaban J connectivity index is 1.56. The minimum absolute atomic E-state index is 0.0997. The summed E-state index contributed by atoms with van der Waals surface area (Å²) in [5.74, 6) is 2.07. The second kappa shape index (κ2) is 15.1. The van der Waals surface area contributed by atoms with Crippen LogP contribution in [0, 0.1) is 40.4 Å². The van der Waals surface area contributed by atoms with Crippen LogP contribution in [0.15, 0.2) is 12.2 Å². The average Bonchev–Trinajstić information content (AvgIpc) is 3.54. The molecule has 1 N–H and O–H groups in total. The molecule has 0 aromatic heterocycles. The van der Waals surface area contributed by atoms with Crippen molar-refractivity contribution in [1.82, 2.24) is 0 Å². The molecule has 228 valence electrons. The molecule has 4 atom stereocenters. The zero-order valence-corrected chi connectivity index (χ0v) is 26.2. The molecule has 40 heavy (non-hydrogen) atoms. The van der Waals surface area contributed by atoms with Crippen LogP contribution >= 0.6 is 0 Å². The number of fused-ring (bicyclic) bond motifs is 2. The fourth-order valence-corrected chi connectivity index (χ4v) is 11.3.